The first kappa shape index (κ1) is 24.7. The second kappa shape index (κ2) is 10.9. The number of rotatable bonds is 8. The first-order chi connectivity index (χ1) is 17.8. The van der Waals surface area contributed by atoms with Gasteiger partial charge in [0, 0.05) is 17.4 Å². The van der Waals surface area contributed by atoms with Crippen LogP contribution in [0.2, 0.25) is 0 Å². The van der Waals surface area contributed by atoms with Gasteiger partial charge in [-0.15, -0.1) is 0 Å². The summed E-state index contributed by atoms with van der Waals surface area (Å²) in [5.74, 6) is -2.66. The van der Waals surface area contributed by atoms with Gasteiger partial charge in [-0.1, -0.05) is 30.3 Å². The Morgan fingerprint density at radius 3 is 1.51 bits per heavy atom. The van der Waals surface area contributed by atoms with E-state index in [-0.39, 0.29) is 22.3 Å². The normalized spacial score (nSPS) is 10.3. The lowest BCUT2D eigenvalue weighted by Gasteiger charge is -2.11. The van der Waals surface area contributed by atoms with Gasteiger partial charge in [-0.05, 0) is 60.7 Å². The molecule has 0 atom stereocenters. The third-order valence-corrected chi connectivity index (χ3v) is 5.24. The van der Waals surface area contributed by atoms with Crippen LogP contribution in [0.15, 0.2) is 97.1 Å². The Balaban J connectivity index is 1.42. The maximum Gasteiger partial charge on any atom is 0.336 e. The number of aromatic carboxylic acids is 2. The number of carboxylic acid groups (broad SMARTS) is 2. The highest BCUT2D eigenvalue weighted by Gasteiger charge is 2.17. The van der Waals surface area contributed by atoms with E-state index in [1.54, 1.807) is 72.8 Å². The molecular formula is C28H20N2O7. The highest BCUT2D eigenvalue weighted by molar-refractivity contribution is 6.11. The van der Waals surface area contributed by atoms with Crippen LogP contribution in [0.1, 0.15) is 41.4 Å². The number of carbonyl (C=O) groups excluding carboxylic acids is 2. The minimum atomic E-state index is -1.20. The second-order valence-corrected chi connectivity index (χ2v) is 7.76. The molecule has 9 heteroatoms. The van der Waals surface area contributed by atoms with Crippen LogP contribution in [-0.2, 0) is 0 Å². The van der Waals surface area contributed by atoms with Crippen molar-refractivity contribution < 1.29 is 34.1 Å². The van der Waals surface area contributed by atoms with Gasteiger partial charge in [-0.3, -0.25) is 9.59 Å². The molecule has 0 saturated heterocycles. The quantitative estimate of drug-likeness (QED) is 0.256. The van der Waals surface area contributed by atoms with E-state index in [9.17, 15) is 29.4 Å². The summed E-state index contributed by atoms with van der Waals surface area (Å²) >= 11 is 0. The molecule has 4 N–H and O–H groups in total. The van der Waals surface area contributed by atoms with Crippen molar-refractivity contribution in [3.63, 3.8) is 0 Å². The Bertz CT molecular complexity index is 1500. The lowest BCUT2D eigenvalue weighted by atomic mass is 10.1. The van der Waals surface area contributed by atoms with Gasteiger partial charge in [-0.2, -0.15) is 0 Å². The number of amides is 2. The summed E-state index contributed by atoms with van der Waals surface area (Å²) in [5.41, 5.74) is 0.717. The smallest absolute Gasteiger partial charge is 0.336 e. The molecule has 0 bridgehead atoms. The fraction of sp³-hybridized carbons (Fsp3) is 0. The molecule has 2 amide bonds. The number of benzene rings is 4. The van der Waals surface area contributed by atoms with Gasteiger partial charge in [0.1, 0.15) is 11.5 Å². The van der Waals surface area contributed by atoms with E-state index in [4.69, 9.17) is 4.74 Å². The summed E-state index contributed by atoms with van der Waals surface area (Å²) in [6.07, 6.45) is 0. The van der Waals surface area contributed by atoms with E-state index in [0.717, 1.165) is 0 Å². The van der Waals surface area contributed by atoms with E-state index in [1.807, 2.05) is 0 Å². The SMILES string of the molecule is O=C(O)c1ccccc1C(=O)Nc1ccc(Oc2cccc(NC(=O)c3ccccc3C(=O)O)c2)cc1. The summed E-state index contributed by atoms with van der Waals surface area (Å²) in [5, 5.41) is 23.9. The maximum absolute atomic E-state index is 12.6. The van der Waals surface area contributed by atoms with E-state index < -0.39 is 23.8 Å². The van der Waals surface area contributed by atoms with Crippen molar-refractivity contribution in [1.82, 2.24) is 0 Å². The van der Waals surface area contributed by atoms with Gasteiger partial charge in [-0.25, -0.2) is 9.59 Å². The molecule has 0 radical (unpaired) electrons. The molecule has 0 heterocycles. The van der Waals surface area contributed by atoms with Crippen LogP contribution in [0.3, 0.4) is 0 Å². The molecule has 0 unspecified atom stereocenters. The van der Waals surface area contributed by atoms with E-state index in [1.165, 1.54) is 24.3 Å². The van der Waals surface area contributed by atoms with Gasteiger partial charge < -0.3 is 25.6 Å². The number of carbonyl (C=O) groups is 4. The van der Waals surface area contributed by atoms with Crippen LogP contribution in [0, 0.1) is 0 Å². The average molecular weight is 496 g/mol. The van der Waals surface area contributed by atoms with Gasteiger partial charge in [0.25, 0.3) is 11.8 Å². The fourth-order valence-electron chi connectivity index (χ4n) is 3.51. The maximum atomic E-state index is 12.6. The molecule has 0 aromatic heterocycles. The Kier molecular flexibility index (Phi) is 7.25. The van der Waals surface area contributed by atoms with E-state index in [0.29, 0.717) is 22.9 Å². The molecule has 4 aromatic rings. The zero-order chi connectivity index (χ0) is 26.4. The van der Waals surface area contributed by atoms with Crippen molar-refractivity contribution in [2.24, 2.45) is 0 Å². The largest absolute Gasteiger partial charge is 0.478 e. The summed E-state index contributed by atoms with van der Waals surface area (Å²) in [6, 6.07) is 24.8. The molecule has 0 aliphatic rings. The predicted octanol–water partition coefficient (Wildman–Crippen LogP) is 5.38. The van der Waals surface area contributed by atoms with Gasteiger partial charge in [0.15, 0.2) is 0 Å². The summed E-state index contributed by atoms with van der Waals surface area (Å²) in [7, 11) is 0. The summed E-state index contributed by atoms with van der Waals surface area (Å²) in [6.45, 7) is 0. The van der Waals surface area contributed by atoms with Gasteiger partial charge >= 0.3 is 11.9 Å². The molecule has 0 aliphatic heterocycles. The molecule has 9 nitrogen and oxygen atoms in total. The molecule has 0 aliphatic carbocycles. The highest BCUT2D eigenvalue weighted by atomic mass is 16.5. The minimum Gasteiger partial charge on any atom is -0.478 e. The van der Waals surface area contributed by atoms with Gasteiger partial charge in [0.2, 0.25) is 0 Å². The van der Waals surface area contributed by atoms with Crippen LogP contribution in [-0.4, -0.2) is 34.0 Å². The second-order valence-electron chi connectivity index (χ2n) is 7.76. The van der Waals surface area contributed by atoms with Crippen LogP contribution >= 0.6 is 0 Å². The van der Waals surface area contributed by atoms with E-state index in [2.05, 4.69) is 10.6 Å². The van der Waals surface area contributed by atoms with Crippen molar-refractivity contribution in [2.45, 2.75) is 0 Å². The van der Waals surface area contributed by atoms with E-state index >= 15 is 0 Å². The van der Waals surface area contributed by atoms with Crippen molar-refractivity contribution in [2.75, 3.05) is 10.6 Å². The van der Waals surface area contributed by atoms with Crippen molar-refractivity contribution >= 4 is 35.1 Å². The zero-order valence-corrected chi connectivity index (χ0v) is 19.2. The minimum absolute atomic E-state index is 0.0323. The number of nitrogens with one attached hydrogen (secondary N) is 2. The Hall–Kier alpha value is -5.44. The molecular weight excluding hydrogens is 476 g/mol. The topological polar surface area (TPSA) is 142 Å². The average Bonchev–Trinajstić information content (AvgIpc) is 2.90. The van der Waals surface area contributed by atoms with Gasteiger partial charge in [0.05, 0.1) is 22.3 Å². The summed E-state index contributed by atoms with van der Waals surface area (Å²) in [4.78, 5) is 47.9. The Morgan fingerprint density at radius 2 is 1.00 bits per heavy atom. The van der Waals surface area contributed by atoms with Crippen molar-refractivity contribution in [3.8, 4) is 11.5 Å². The number of ether oxygens (including phenoxy) is 1. The monoisotopic (exact) mass is 496 g/mol. The Labute approximate surface area is 211 Å². The lowest BCUT2D eigenvalue weighted by molar-refractivity contribution is 0.0683. The summed E-state index contributed by atoms with van der Waals surface area (Å²) < 4.78 is 5.83. The molecule has 37 heavy (non-hydrogen) atoms. The highest BCUT2D eigenvalue weighted by Crippen LogP contribution is 2.26. The molecule has 0 saturated carbocycles. The number of anilines is 2. The molecule has 4 rings (SSSR count). The molecule has 0 fully saturated rings. The molecule has 0 spiro atoms. The Morgan fingerprint density at radius 1 is 0.514 bits per heavy atom. The first-order valence-corrected chi connectivity index (χ1v) is 11.0. The van der Waals surface area contributed by atoms with Crippen LogP contribution in [0.4, 0.5) is 11.4 Å². The molecule has 184 valence electrons. The van der Waals surface area contributed by atoms with Crippen LogP contribution < -0.4 is 15.4 Å². The third kappa shape index (κ3) is 5.98. The standard InChI is InChI=1S/C28H20N2O7/c31-25(21-8-1-3-10-23(21)27(33)34)29-17-12-14-19(15-13-17)37-20-7-5-6-18(16-20)30-26(32)22-9-2-4-11-24(22)28(35)36/h1-16H,(H,29,31)(H,30,32)(H,33,34)(H,35,36). The van der Waals surface area contributed by atoms with Crippen LogP contribution in [0.25, 0.3) is 0 Å². The number of hydrogen-bond donors (Lipinski definition) is 4. The fourth-order valence-corrected chi connectivity index (χ4v) is 3.51. The first-order valence-electron chi connectivity index (χ1n) is 11.0. The zero-order valence-electron chi connectivity index (χ0n) is 19.2. The number of hydrogen-bond acceptors (Lipinski definition) is 5. The predicted molar refractivity (Wildman–Crippen MR) is 136 cm³/mol. The lowest BCUT2D eigenvalue weighted by Crippen LogP contribution is -2.16. The van der Waals surface area contributed by atoms with Crippen LogP contribution in [0.5, 0.6) is 11.5 Å². The van der Waals surface area contributed by atoms with Crippen molar-refractivity contribution in [1.29, 1.82) is 0 Å². The number of carboxylic acids is 2. The third-order valence-electron chi connectivity index (χ3n) is 5.24. The van der Waals surface area contributed by atoms with Crippen molar-refractivity contribution in [3.05, 3.63) is 119 Å². The molecule has 4 aromatic carbocycles.